The molecule has 7 nitrogen and oxygen atoms in total. The number of hydrogen-bond acceptors (Lipinski definition) is 7. The fourth-order valence-corrected chi connectivity index (χ4v) is 2.55. The molecule has 0 aliphatic rings. The van der Waals surface area contributed by atoms with Crippen molar-refractivity contribution >= 4 is 11.8 Å². The summed E-state index contributed by atoms with van der Waals surface area (Å²) < 4.78 is 11.5. The van der Waals surface area contributed by atoms with Crippen LogP contribution in [0.4, 0.5) is 11.8 Å². The van der Waals surface area contributed by atoms with Gasteiger partial charge in [-0.2, -0.15) is 4.98 Å². The van der Waals surface area contributed by atoms with Crippen LogP contribution in [0.15, 0.2) is 42.9 Å². The molecule has 0 spiro atoms. The molecule has 28 heavy (non-hydrogen) atoms. The van der Waals surface area contributed by atoms with Crippen molar-refractivity contribution < 1.29 is 9.47 Å². The van der Waals surface area contributed by atoms with Gasteiger partial charge in [-0.25, -0.2) is 4.98 Å². The molecule has 2 aromatic heterocycles. The van der Waals surface area contributed by atoms with Gasteiger partial charge in [-0.3, -0.25) is 4.98 Å². The Morgan fingerprint density at radius 2 is 1.86 bits per heavy atom. The second-order valence-corrected chi connectivity index (χ2v) is 6.32. The van der Waals surface area contributed by atoms with Gasteiger partial charge in [0, 0.05) is 29.6 Å². The number of methoxy groups -OCH3 is 1. The van der Waals surface area contributed by atoms with E-state index in [0.29, 0.717) is 22.8 Å². The molecule has 0 atom stereocenters. The van der Waals surface area contributed by atoms with Gasteiger partial charge < -0.3 is 20.9 Å². The normalized spacial score (nSPS) is 10.3. The number of nitrogen functional groups attached to an aromatic ring is 2. The molecule has 0 aliphatic heterocycles. The number of rotatable bonds is 4. The maximum absolute atomic E-state index is 6.01. The fraction of sp³-hybridized carbons (Fsp3) is 0.190. The molecule has 0 fully saturated rings. The predicted octanol–water partition coefficient (Wildman–Crippen LogP) is 3.36. The largest absolute Gasteiger partial charge is 0.495 e. The summed E-state index contributed by atoms with van der Waals surface area (Å²) in [6, 6.07) is 7.47. The highest BCUT2D eigenvalue weighted by Gasteiger charge is 2.16. The smallest absolute Gasteiger partial charge is 0.222 e. The third-order valence-electron chi connectivity index (χ3n) is 3.98. The van der Waals surface area contributed by atoms with Crippen LogP contribution in [-0.2, 0) is 0 Å². The van der Waals surface area contributed by atoms with Crippen molar-refractivity contribution in [3.63, 3.8) is 0 Å². The fourth-order valence-electron chi connectivity index (χ4n) is 2.55. The molecule has 2 heterocycles. The van der Waals surface area contributed by atoms with Crippen molar-refractivity contribution in [2.75, 3.05) is 18.6 Å². The maximum Gasteiger partial charge on any atom is 0.222 e. The Labute approximate surface area is 163 Å². The molecule has 0 saturated heterocycles. The number of hydrogen-bond donors (Lipinski definition) is 2. The number of nitrogens with two attached hydrogens (primary N) is 2. The minimum Gasteiger partial charge on any atom is -0.495 e. The van der Waals surface area contributed by atoms with Gasteiger partial charge in [-0.05, 0) is 24.1 Å². The van der Waals surface area contributed by atoms with E-state index in [-0.39, 0.29) is 17.7 Å². The Balaban J connectivity index is 2.06. The number of ether oxygens (including phenoxy) is 2. The van der Waals surface area contributed by atoms with Crippen molar-refractivity contribution in [1.82, 2.24) is 15.0 Å². The third-order valence-corrected chi connectivity index (χ3v) is 3.98. The lowest BCUT2D eigenvalue weighted by atomic mass is 9.99. The van der Waals surface area contributed by atoms with Crippen molar-refractivity contribution in [2.24, 2.45) is 0 Å². The lowest BCUT2D eigenvalue weighted by molar-refractivity contribution is 0.409. The molecule has 0 radical (unpaired) electrons. The first-order valence-corrected chi connectivity index (χ1v) is 8.67. The van der Waals surface area contributed by atoms with Crippen LogP contribution in [0.3, 0.4) is 0 Å². The SMILES string of the molecule is COc1cc(C(C)C)c(Oc2cnc(N)nc2N)cc1C#Cc1cccnc1. The number of anilines is 2. The first kappa shape index (κ1) is 19.0. The van der Waals surface area contributed by atoms with Crippen LogP contribution in [0.2, 0.25) is 0 Å². The summed E-state index contributed by atoms with van der Waals surface area (Å²) in [5, 5.41) is 0. The van der Waals surface area contributed by atoms with E-state index in [1.54, 1.807) is 19.5 Å². The average Bonchev–Trinajstić information content (AvgIpc) is 2.69. The monoisotopic (exact) mass is 375 g/mol. The second-order valence-electron chi connectivity index (χ2n) is 6.32. The highest BCUT2D eigenvalue weighted by atomic mass is 16.5. The zero-order chi connectivity index (χ0) is 20.1. The summed E-state index contributed by atoms with van der Waals surface area (Å²) in [5.74, 6) is 8.23. The zero-order valence-corrected chi connectivity index (χ0v) is 15.9. The number of nitrogens with zero attached hydrogens (tertiary/aromatic N) is 3. The second kappa shape index (κ2) is 8.27. The number of pyridine rings is 1. The lowest BCUT2D eigenvalue weighted by Gasteiger charge is -2.17. The summed E-state index contributed by atoms with van der Waals surface area (Å²) in [4.78, 5) is 12.0. The predicted molar refractivity (Wildman–Crippen MR) is 108 cm³/mol. The van der Waals surface area contributed by atoms with Crippen molar-refractivity contribution in [2.45, 2.75) is 19.8 Å². The van der Waals surface area contributed by atoms with Crippen LogP contribution in [0.1, 0.15) is 36.5 Å². The number of aromatic nitrogens is 3. The summed E-state index contributed by atoms with van der Waals surface area (Å²) in [7, 11) is 1.61. The van der Waals surface area contributed by atoms with Crippen LogP contribution in [0.5, 0.6) is 17.2 Å². The zero-order valence-electron chi connectivity index (χ0n) is 15.9. The van der Waals surface area contributed by atoms with Crippen LogP contribution < -0.4 is 20.9 Å². The minimum atomic E-state index is 0.0895. The average molecular weight is 375 g/mol. The van der Waals surface area contributed by atoms with Crippen LogP contribution in [0.25, 0.3) is 0 Å². The van der Waals surface area contributed by atoms with Gasteiger partial charge in [0.15, 0.2) is 11.6 Å². The molecule has 0 saturated carbocycles. The minimum absolute atomic E-state index is 0.0895. The lowest BCUT2D eigenvalue weighted by Crippen LogP contribution is -2.03. The van der Waals surface area contributed by atoms with E-state index in [1.807, 2.05) is 24.3 Å². The van der Waals surface area contributed by atoms with Crippen molar-refractivity contribution in [3.8, 4) is 29.1 Å². The first-order chi connectivity index (χ1) is 13.5. The van der Waals surface area contributed by atoms with Gasteiger partial charge >= 0.3 is 0 Å². The van der Waals surface area contributed by atoms with Gasteiger partial charge in [-0.1, -0.05) is 25.7 Å². The Kier molecular flexibility index (Phi) is 5.61. The molecular formula is C21H21N5O2. The van der Waals surface area contributed by atoms with Gasteiger partial charge in [0.1, 0.15) is 11.5 Å². The van der Waals surface area contributed by atoms with Crippen LogP contribution in [-0.4, -0.2) is 22.1 Å². The highest BCUT2D eigenvalue weighted by Crippen LogP contribution is 2.37. The van der Waals surface area contributed by atoms with Gasteiger partial charge in [-0.15, -0.1) is 0 Å². The molecule has 7 heteroatoms. The van der Waals surface area contributed by atoms with Crippen LogP contribution >= 0.6 is 0 Å². The molecule has 3 rings (SSSR count). The molecular weight excluding hydrogens is 354 g/mol. The summed E-state index contributed by atoms with van der Waals surface area (Å²) in [6.07, 6.45) is 4.85. The molecule has 142 valence electrons. The summed E-state index contributed by atoms with van der Waals surface area (Å²) in [6.45, 7) is 4.12. The van der Waals surface area contributed by atoms with E-state index >= 15 is 0 Å². The molecule has 0 aliphatic carbocycles. The Hall–Kier alpha value is -3.79. The Morgan fingerprint density at radius 3 is 2.50 bits per heavy atom. The van der Waals surface area contributed by atoms with Gasteiger partial charge in [0.05, 0.1) is 18.9 Å². The number of benzene rings is 1. The Morgan fingerprint density at radius 1 is 1.04 bits per heavy atom. The third kappa shape index (κ3) is 4.30. The van der Waals surface area contributed by atoms with Crippen molar-refractivity contribution in [1.29, 1.82) is 0 Å². The van der Waals surface area contributed by atoms with E-state index in [4.69, 9.17) is 20.9 Å². The van der Waals surface area contributed by atoms with Gasteiger partial charge in [0.25, 0.3) is 0 Å². The standard InChI is InChI=1S/C21H21N5O2/c1-13(2)16-10-17(27-3)15(7-6-14-5-4-8-24-11-14)9-18(16)28-19-12-25-21(23)26-20(19)22/h4-5,8-13H,1-3H3,(H4,22,23,25,26). The van der Waals surface area contributed by atoms with E-state index in [1.165, 1.54) is 6.20 Å². The highest BCUT2D eigenvalue weighted by molar-refractivity contribution is 5.58. The molecule has 3 aromatic rings. The molecule has 1 aromatic carbocycles. The maximum atomic E-state index is 6.01. The van der Waals surface area contributed by atoms with Gasteiger partial charge in [0.2, 0.25) is 5.95 Å². The van der Waals surface area contributed by atoms with Crippen molar-refractivity contribution in [3.05, 3.63) is 59.5 Å². The van der Waals surface area contributed by atoms with Crippen LogP contribution in [0, 0.1) is 11.8 Å². The quantitative estimate of drug-likeness (QED) is 0.673. The van der Waals surface area contributed by atoms with E-state index < -0.39 is 0 Å². The Bertz CT molecular complexity index is 1040. The molecule has 0 amide bonds. The molecule has 0 unspecified atom stereocenters. The summed E-state index contributed by atoms with van der Waals surface area (Å²) in [5.41, 5.74) is 13.9. The first-order valence-electron chi connectivity index (χ1n) is 8.67. The molecule has 0 bridgehead atoms. The van der Waals surface area contributed by atoms with E-state index in [0.717, 1.165) is 11.1 Å². The molecule has 4 N–H and O–H groups in total. The van der Waals surface area contributed by atoms with E-state index in [9.17, 15) is 0 Å². The summed E-state index contributed by atoms with van der Waals surface area (Å²) >= 11 is 0. The topological polar surface area (TPSA) is 109 Å². The van der Waals surface area contributed by atoms with E-state index in [2.05, 4.69) is 40.6 Å².